The summed E-state index contributed by atoms with van der Waals surface area (Å²) in [4.78, 5) is 64.8. The lowest BCUT2D eigenvalue weighted by atomic mass is 9.81. The third-order valence-corrected chi connectivity index (χ3v) is 15.1. The minimum Gasteiger partial charge on any atom is -0.432 e. The summed E-state index contributed by atoms with van der Waals surface area (Å²) < 4.78 is 44.4. The SMILES string of the molecule is CC1=C([C@@H](NC(=O)C(C)(OC(=O)N(C)C)C2(C)CC2)C(C)(C)C)Nc2ccc(-c3cc(F)c(-c4ccc5nc(C(NC(=O)C(C)(OC(=O)N(C)C)C6(C)CC6)C(C)(C)C)[nH]c5c4)cc3F)cc2CC1. The number of nitrogens with one attached hydrogen (secondary N) is 4. The number of hydrogen-bond acceptors (Lipinski definition) is 8. The number of ether oxygens (including phenoxy) is 2. The number of hydrogen-bond donors (Lipinski definition) is 4. The number of aryl methyl sites for hydroxylation is 1. The molecule has 0 bridgehead atoms. The minimum atomic E-state index is -1.43. The van der Waals surface area contributed by atoms with Gasteiger partial charge in [0.15, 0.2) is 11.2 Å². The van der Waals surface area contributed by atoms with E-state index in [0.717, 1.165) is 48.2 Å². The summed E-state index contributed by atoms with van der Waals surface area (Å²) in [6.07, 6.45) is 3.04. The minimum absolute atomic E-state index is 0.0746. The van der Waals surface area contributed by atoms with Crippen LogP contribution in [0.2, 0.25) is 0 Å². The average Bonchev–Trinajstić information content (AvgIpc) is 4.18. The van der Waals surface area contributed by atoms with Gasteiger partial charge in [-0.05, 0) is 123 Å². The topological polar surface area (TPSA) is 158 Å². The maximum absolute atomic E-state index is 16.3. The summed E-state index contributed by atoms with van der Waals surface area (Å²) in [7, 11) is 6.33. The van der Waals surface area contributed by atoms with Gasteiger partial charge in [0.1, 0.15) is 17.5 Å². The van der Waals surface area contributed by atoms with E-state index in [1.807, 2.05) is 74.4 Å². The highest BCUT2D eigenvalue weighted by Crippen LogP contribution is 2.57. The van der Waals surface area contributed by atoms with Crippen LogP contribution in [0.25, 0.3) is 33.3 Å². The Bertz CT molecular complexity index is 2740. The number of halogens is 2. The van der Waals surface area contributed by atoms with Crippen molar-refractivity contribution in [2.24, 2.45) is 21.7 Å². The van der Waals surface area contributed by atoms with Gasteiger partial charge in [-0.1, -0.05) is 73.1 Å². The highest BCUT2D eigenvalue weighted by Gasteiger charge is 2.62. The standard InChI is InChI=1S/C54H71F2N7O6/c1-30-16-17-33-26-31(18-20-38(33)57-41(30)42(49(2,3)4)60-45(64)53(10,51(8)22-23-51)68-47(66)62(12)13)34-28-37(56)35(29-36(34)55)32-19-21-39-40(27-32)59-44(58-39)43(50(5,6)7)61-46(65)54(11,52(9)24-25-52)69-48(67)63(14)15/h18-21,26-29,42-43,57H,16-17,22-25H2,1-15H3,(H,58,59)(H,60,64)(H,61,65)/t42-,43?,53?,54?/m1/s1. The molecule has 3 unspecified atom stereocenters. The van der Waals surface area contributed by atoms with Crippen LogP contribution in [-0.4, -0.2) is 89.2 Å². The number of fused-ring (bicyclic) bond motifs is 2. The van der Waals surface area contributed by atoms with Gasteiger partial charge in [0, 0.05) is 61.5 Å². The number of amides is 4. The lowest BCUT2D eigenvalue weighted by molar-refractivity contribution is -0.148. The van der Waals surface area contributed by atoms with Crippen LogP contribution in [0.3, 0.4) is 0 Å². The number of carbonyl (C=O) groups is 4. The van der Waals surface area contributed by atoms with E-state index < -0.39 is 74.7 Å². The van der Waals surface area contributed by atoms with Crippen LogP contribution in [0, 0.1) is 33.3 Å². The molecule has 2 fully saturated rings. The number of carbonyl (C=O) groups excluding carboxylic acids is 4. The fraction of sp³-hybridized carbons (Fsp3) is 0.537. The lowest BCUT2D eigenvalue weighted by Gasteiger charge is -2.40. The molecule has 2 saturated carbocycles. The molecule has 0 saturated heterocycles. The van der Waals surface area contributed by atoms with Crippen LogP contribution in [0.1, 0.15) is 126 Å². The second kappa shape index (κ2) is 17.8. The molecule has 372 valence electrons. The summed E-state index contributed by atoms with van der Waals surface area (Å²) >= 11 is 0. The van der Waals surface area contributed by atoms with E-state index in [0.29, 0.717) is 40.8 Å². The molecule has 15 heteroatoms. The summed E-state index contributed by atoms with van der Waals surface area (Å²) in [5.41, 5.74) is 1.01. The molecule has 4 amide bonds. The van der Waals surface area contributed by atoms with Crippen LogP contribution in [0.15, 0.2) is 59.8 Å². The predicted molar refractivity (Wildman–Crippen MR) is 265 cm³/mol. The average molecular weight is 952 g/mol. The zero-order chi connectivity index (χ0) is 51.0. The van der Waals surface area contributed by atoms with Crippen LogP contribution in [0.4, 0.5) is 24.1 Å². The van der Waals surface area contributed by atoms with Gasteiger partial charge in [-0.25, -0.2) is 23.4 Å². The van der Waals surface area contributed by atoms with Crippen molar-refractivity contribution in [3.8, 4) is 22.3 Å². The fourth-order valence-electron chi connectivity index (χ4n) is 9.14. The van der Waals surface area contributed by atoms with Crippen molar-refractivity contribution in [3.05, 3.63) is 82.8 Å². The Labute approximate surface area is 405 Å². The van der Waals surface area contributed by atoms with Gasteiger partial charge in [0.25, 0.3) is 11.8 Å². The van der Waals surface area contributed by atoms with Gasteiger partial charge >= 0.3 is 12.2 Å². The van der Waals surface area contributed by atoms with Crippen LogP contribution < -0.4 is 16.0 Å². The monoisotopic (exact) mass is 952 g/mol. The van der Waals surface area contributed by atoms with Crippen molar-refractivity contribution in [2.75, 3.05) is 33.5 Å². The van der Waals surface area contributed by atoms with Gasteiger partial charge in [0.2, 0.25) is 0 Å². The number of nitrogens with zero attached hydrogens (tertiary/aromatic N) is 3. The molecule has 2 heterocycles. The van der Waals surface area contributed by atoms with Gasteiger partial charge in [0.05, 0.1) is 23.1 Å². The number of allylic oxidation sites excluding steroid dienone is 1. The number of H-pyrrole nitrogens is 1. The first kappa shape index (κ1) is 50.9. The third-order valence-electron chi connectivity index (χ3n) is 15.1. The molecule has 1 aliphatic heterocycles. The van der Waals surface area contributed by atoms with Crippen molar-refractivity contribution >= 4 is 40.7 Å². The third kappa shape index (κ3) is 9.79. The smallest absolute Gasteiger partial charge is 0.410 e. The van der Waals surface area contributed by atoms with Gasteiger partial charge in [-0.3, -0.25) is 9.59 Å². The molecule has 1 aromatic heterocycles. The van der Waals surface area contributed by atoms with E-state index in [2.05, 4.69) is 20.9 Å². The van der Waals surface area contributed by atoms with Crippen LogP contribution in [0.5, 0.6) is 0 Å². The van der Waals surface area contributed by atoms with E-state index in [4.69, 9.17) is 14.5 Å². The first-order chi connectivity index (χ1) is 31.9. The molecule has 4 aromatic rings. The van der Waals surface area contributed by atoms with E-state index >= 15 is 8.78 Å². The van der Waals surface area contributed by atoms with Crippen molar-refractivity contribution in [1.82, 2.24) is 30.4 Å². The van der Waals surface area contributed by atoms with Gasteiger partial charge in [-0.2, -0.15) is 0 Å². The Balaban J connectivity index is 1.12. The largest absolute Gasteiger partial charge is 0.432 e. The first-order valence-corrected chi connectivity index (χ1v) is 23.9. The maximum atomic E-state index is 16.3. The van der Waals surface area contributed by atoms with Crippen molar-refractivity contribution in [2.45, 2.75) is 138 Å². The Hall–Kier alpha value is -5.99. The zero-order valence-electron chi connectivity index (χ0n) is 43.1. The number of anilines is 1. The Morgan fingerprint density at radius 1 is 0.681 bits per heavy atom. The molecule has 4 N–H and O–H groups in total. The summed E-state index contributed by atoms with van der Waals surface area (Å²) in [5, 5.41) is 10.0. The highest BCUT2D eigenvalue weighted by molar-refractivity contribution is 5.90. The molecule has 3 aromatic carbocycles. The van der Waals surface area contributed by atoms with Crippen molar-refractivity contribution < 1.29 is 37.4 Å². The zero-order valence-corrected chi connectivity index (χ0v) is 43.1. The summed E-state index contributed by atoms with van der Waals surface area (Å²) in [6, 6.07) is 12.0. The molecule has 3 aliphatic rings. The van der Waals surface area contributed by atoms with Crippen molar-refractivity contribution in [3.63, 3.8) is 0 Å². The first-order valence-electron chi connectivity index (χ1n) is 23.9. The second-order valence-corrected chi connectivity index (χ2v) is 23.1. The van der Waals surface area contributed by atoms with Crippen LogP contribution >= 0.6 is 0 Å². The molecular weight excluding hydrogens is 881 g/mol. The Morgan fingerprint density at radius 3 is 1.61 bits per heavy atom. The van der Waals surface area contributed by atoms with E-state index in [1.165, 1.54) is 21.9 Å². The number of benzene rings is 3. The number of aromatic amines is 1. The molecule has 69 heavy (non-hydrogen) atoms. The molecule has 7 rings (SSSR count). The van der Waals surface area contributed by atoms with E-state index in [1.54, 1.807) is 66.3 Å². The highest BCUT2D eigenvalue weighted by atomic mass is 19.1. The van der Waals surface area contributed by atoms with Gasteiger partial charge < -0.3 is 40.2 Å². The Kier molecular flexibility index (Phi) is 13.1. The second-order valence-electron chi connectivity index (χ2n) is 23.1. The summed E-state index contributed by atoms with van der Waals surface area (Å²) in [6.45, 7) is 21.4. The predicted octanol–water partition coefficient (Wildman–Crippen LogP) is 11.1. The van der Waals surface area contributed by atoms with Crippen LogP contribution in [-0.2, 0) is 25.5 Å². The summed E-state index contributed by atoms with van der Waals surface area (Å²) in [5.74, 6) is -1.52. The molecule has 0 radical (unpaired) electrons. The quantitative estimate of drug-likeness (QED) is 0.109. The molecule has 4 atom stereocenters. The fourth-order valence-corrected chi connectivity index (χ4v) is 9.14. The molecular formula is C54H71F2N7O6. The maximum Gasteiger partial charge on any atom is 0.410 e. The number of aromatic nitrogens is 2. The van der Waals surface area contributed by atoms with E-state index in [-0.39, 0.29) is 17.0 Å². The Morgan fingerprint density at radius 2 is 1.14 bits per heavy atom. The molecule has 2 aliphatic carbocycles. The van der Waals surface area contributed by atoms with E-state index in [9.17, 15) is 19.2 Å². The number of imidazole rings is 1. The molecule has 13 nitrogen and oxygen atoms in total. The molecule has 0 spiro atoms. The van der Waals surface area contributed by atoms with Gasteiger partial charge in [-0.15, -0.1) is 0 Å². The number of rotatable bonds is 12. The lowest BCUT2D eigenvalue weighted by Crippen LogP contribution is -2.59. The van der Waals surface area contributed by atoms with Crippen molar-refractivity contribution in [1.29, 1.82) is 0 Å². The normalized spacial score (nSPS) is 18.8.